The molecule has 0 saturated heterocycles. The van der Waals surface area contributed by atoms with E-state index >= 15 is 0 Å². The monoisotopic (exact) mass is 245 g/mol. The standard InChI is InChI=1S/C12H11N3O3/c1-8(16)13-9-2-4-10(5-3-9)15-7-6-11(14-15)12(17)18/h2-7H,1H3,(H,13,16)(H,17,18). The molecular weight excluding hydrogens is 234 g/mol. The number of amides is 1. The van der Waals surface area contributed by atoms with Gasteiger partial charge in [-0.3, -0.25) is 4.79 Å². The summed E-state index contributed by atoms with van der Waals surface area (Å²) in [6, 6.07) is 8.34. The summed E-state index contributed by atoms with van der Waals surface area (Å²) in [5, 5.41) is 15.3. The first-order chi connectivity index (χ1) is 8.56. The molecule has 0 radical (unpaired) electrons. The Morgan fingerprint density at radius 3 is 2.39 bits per heavy atom. The van der Waals surface area contributed by atoms with Gasteiger partial charge < -0.3 is 10.4 Å². The van der Waals surface area contributed by atoms with Crippen LogP contribution in [0.25, 0.3) is 5.69 Å². The molecule has 0 bridgehead atoms. The van der Waals surface area contributed by atoms with Gasteiger partial charge in [-0.2, -0.15) is 5.10 Å². The number of carbonyl (C=O) groups is 2. The number of hydrogen-bond acceptors (Lipinski definition) is 3. The minimum absolute atomic E-state index is 0.0130. The van der Waals surface area contributed by atoms with E-state index in [1.54, 1.807) is 30.5 Å². The van der Waals surface area contributed by atoms with Gasteiger partial charge in [0.05, 0.1) is 5.69 Å². The molecule has 6 nitrogen and oxygen atoms in total. The van der Waals surface area contributed by atoms with Gasteiger partial charge >= 0.3 is 5.97 Å². The smallest absolute Gasteiger partial charge is 0.356 e. The number of nitrogens with one attached hydrogen (secondary N) is 1. The average molecular weight is 245 g/mol. The molecule has 0 aliphatic rings. The first-order valence-corrected chi connectivity index (χ1v) is 5.23. The van der Waals surface area contributed by atoms with E-state index < -0.39 is 5.97 Å². The van der Waals surface area contributed by atoms with Gasteiger partial charge in [0, 0.05) is 18.8 Å². The van der Waals surface area contributed by atoms with Crippen molar-refractivity contribution in [2.24, 2.45) is 0 Å². The van der Waals surface area contributed by atoms with Crippen molar-refractivity contribution in [2.75, 3.05) is 5.32 Å². The minimum Gasteiger partial charge on any atom is -0.476 e. The molecule has 0 atom stereocenters. The van der Waals surface area contributed by atoms with Crippen molar-refractivity contribution in [3.63, 3.8) is 0 Å². The molecule has 1 amide bonds. The molecule has 1 heterocycles. The molecule has 2 N–H and O–H groups in total. The zero-order valence-electron chi connectivity index (χ0n) is 9.62. The molecule has 0 aliphatic carbocycles. The van der Waals surface area contributed by atoms with Crippen molar-refractivity contribution in [1.82, 2.24) is 9.78 Å². The summed E-state index contributed by atoms with van der Waals surface area (Å²) in [7, 11) is 0. The quantitative estimate of drug-likeness (QED) is 0.858. The number of anilines is 1. The van der Waals surface area contributed by atoms with E-state index in [2.05, 4.69) is 10.4 Å². The normalized spacial score (nSPS) is 10.1. The van der Waals surface area contributed by atoms with Crippen LogP contribution in [0.5, 0.6) is 0 Å². The van der Waals surface area contributed by atoms with Crippen LogP contribution >= 0.6 is 0 Å². The number of nitrogens with zero attached hydrogens (tertiary/aromatic N) is 2. The van der Waals surface area contributed by atoms with E-state index in [4.69, 9.17) is 5.11 Å². The molecular formula is C12H11N3O3. The van der Waals surface area contributed by atoms with Crippen molar-refractivity contribution in [3.05, 3.63) is 42.2 Å². The minimum atomic E-state index is -1.07. The largest absolute Gasteiger partial charge is 0.476 e. The molecule has 1 aromatic carbocycles. The predicted octanol–water partition coefficient (Wildman–Crippen LogP) is 1.53. The summed E-state index contributed by atoms with van der Waals surface area (Å²) in [5.41, 5.74) is 1.38. The number of aromatic nitrogens is 2. The highest BCUT2D eigenvalue weighted by atomic mass is 16.4. The van der Waals surface area contributed by atoms with Crippen LogP contribution in [-0.2, 0) is 4.79 Å². The van der Waals surface area contributed by atoms with E-state index in [9.17, 15) is 9.59 Å². The molecule has 0 saturated carbocycles. The summed E-state index contributed by atoms with van der Waals surface area (Å²) in [6.45, 7) is 1.43. The van der Waals surface area contributed by atoms with Crippen LogP contribution in [0.4, 0.5) is 5.69 Å². The maximum atomic E-state index is 10.9. The third kappa shape index (κ3) is 2.54. The van der Waals surface area contributed by atoms with Gasteiger partial charge in [-0.15, -0.1) is 0 Å². The number of hydrogen-bond donors (Lipinski definition) is 2. The molecule has 0 aliphatic heterocycles. The number of benzene rings is 1. The number of rotatable bonds is 3. The second-order valence-corrected chi connectivity index (χ2v) is 3.68. The fraction of sp³-hybridized carbons (Fsp3) is 0.0833. The second-order valence-electron chi connectivity index (χ2n) is 3.68. The molecule has 1 aromatic heterocycles. The highest BCUT2D eigenvalue weighted by Crippen LogP contribution is 2.13. The number of aromatic carboxylic acids is 1. The molecule has 0 unspecified atom stereocenters. The van der Waals surface area contributed by atoms with E-state index in [1.807, 2.05) is 0 Å². The fourth-order valence-corrected chi connectivity index (χ4v) is 1.48. The Morgan fingerprint density at radius 1 is 1.22 bits per heavy atom. The molecule has 2 rings (SSSR count). The first kappa shape index (κ1) is 11.8. The number of carbonyl (C=O) groups excluding carboxylic acids is 1. The Hall–Kier alpha value is -2.63. The van der Waals surface area contributed by atoms with Crippen LogP contribution in [0, 0.1) is 0 Å². The van der Waals surface area contributed by atoms with Crippen molar-refractivity contribution in [3.8, 4) is 5.69 Å². The Morgan fingerprint density at radius 2 is 1.89 bits per heavy atom. The lowest BCUT2D eigenvalue weighted by Gasteiger charge is -2.04. The van der Waals surface area contributed by atoms with E-state index in [1.165, 1.54) is 17.7 Å². The van der Waals surface area contributed by atoms with Crippen LogP contribution in [0.3, 0.4) is 0 Å². The Labute approximate surface area is 103 Å². The summed E-state index contributed by atoms with van der Waals surface area (Å²) < 4.78 is 1.46. The molecule has 6 heteroatoms. The Balaban J connectivity index is 2.22. The predicted molar refractivity (Wildman–Crippen MR) is 64.8 cm³/mol. The van der Waals surface area contributed by atoms with Crippen molar-refractivity contribution < 1.29 is 14.7 Å². The van der Waals surface area contributed by atoms with E-state index in [-0.39, 0.29) is 11.6 Å². The van der Waals surface area contributed by atoms with Gasteiger partial charge in [0.2, 0.25) is 5.91 Å². The summed E-state index contributed by atoms with van der Waals surface area (Å²) >= 11 is 0. The lowest BCUT2D eigenvalue weighted by molar-refractivity contribution is -0.114. The van der Waals surface area contributed by atoms with Crippen molar-refractivity contribution >= 4 is 17.6 Å². The number of carboxylic acids is 1. The van der Waals surface area contributed by atoms with Gasteiger partial charge in [-0.25, -0.2) is 9.48 Å². The van der Waals surface area contributed by atoms with Crippen LogP contribution in [0.2, 0.25) is 0 Å². The topological polar surface area (TPSA) is 84.2 Å². The molecule has 0 spiro atoms. The Bertz CT molecular complexity index is 587. The highest BCUT2D eigenvalue weighted by Gasteiger charge is 2.07. The van der Waals surface area contributed by atoms with Crippen molar-refractivity contribution in [2.45, 2.75) is 6.92 Å². The summed E-state index contributed by atoms with van der Waals surface area (Å²) in [4.78, 5) is 21.6. The Kier molecular flexibility index (Phi) is 3.09. The third-order valence-corrected chi connectivity index (χ3v) is 2.26. The van der Waals surface area contributed by atoms with Crippen LogP contribution < -0.4 is 5.32 Å². The fourth-order valence-electron chi connectivity index (χ4n) is 1.48. The van der Waals surface area contributed by atoms with Crippen LogP contribution in [0.1, 0.15) is 17.4 Å². The van der Waals surface area contributed by atoms with Gasteiger partial charge in [0.1, 0.15) is 0 Å². The lowest BCUT2D eigenvalue weighted by atomic mass is 10.3. The second kappa shape index (κ2) is 4.70. The first-order valence-electron chi connectivity index (χ1n) is 5.23. The molecule has 92 valence electrons. The van der Waals surface area contributed by atoms with E-state index in [0.717, 1.165) is 5.69 Å². The lowest BCUT2D eigenvalue weighted by Crippen LogP contribution is -2.06. The van der Waals surface area contributed by atoms with Gasteiger partial charge in [0.15, 0.2) is 5.69 Å². The van der Waals surface area contributed by atoms with Crippen LogP contribution in [0.15, 0.2) is 36.5 Å². The van der Waals surface area contributed by atoms with Gasteiger partial charge in [-0.05, 0) is 30.3 Å². The van der Waals surface area contributed by atoms with Crippen molar-refractivity contribution in [1.29, 1.82) is 0 Å². The van der Waals surface area contributed by atoms with Crippen LogP contribution in [-0.4, -0.2) is 26.8 Å². The summed E-state index contributed by atoms with van der Waals surface area (Å²) in [5.74, 6) is -1.21. The van der Waals surface area contributed by atoms with Gasteiger partial charge in [0.25, 0.3) is 0 Å². The maximum absolute atomic E-state index is 10.9. The SMILES string of the molecule is CC(=O)Nc1ccc(-n2ccc(C(=O)O)n2)cc1. The number of carboxylic acid groups (broad SMARTS) is 1. The molecule has 2 aromatic rings. The average Bonchev–Trinajstić information content (AvgIpc) is 2.78. The zero-order chi connectivity index (χ0) is 13.1. The maximum Gasteiger partial charge on any atom is 0.356 e. The van der Waals surface area contributed by atoms with Gasteiger partial charge in [-0.1, -0.05) is 0 Å². The molecule has 18 heavy (non-hydrogen) atoms. The molecule has 0 fully saturated rings. The highest BCUT2D eigenvalue weighted by molar-refractivity contribution is 5.88. The third-order valence-electron chi connectivity index (χ3n) is 2.26. The zero-order valence-corrected chi connectivity index (χ0v) is 9.62. The van der Waals surface area contributed by atoms with E-state index in [0.29, 0.717) is 5.69 Å². The summed E-state index contributed by atoms with van der Waals surface area (Å²) in [6.07, 6.45) is 1.57.